The lowest BCUT2D eigenvalue weighted by Gasteiger charge is -2.05. The average molecular weight is 362 g/mol. The van der Waals surface area contributed by atoms with Crippen molar-refractivity contribution in [3.05, 3.63) is 69.4 Å². The van der Waals surface area contributed by atoms with Crippen molar-refractivity contribution >= 4 is 44.3 Å². The van der Waals surface area contributed by atoms with E-state index in [9.17, 15) is 4.79 Å². The van der Waals surface area contributed by atoms with Crippen LogP contribution in [-0.2, 0) is 6.42 Å². The van der Waals surface area contributed by atoms with Crippen molar-refractivity contribution in [1.29, 1.82) is 0 Å². The zero-order valence-electron chi connectivity index (χ0n) is 10.9. The molecule has 0 aliphatic heterocycles. The fourth-order valence-electron chi connectivity index (χ4n) is 2.08. The third-order valence-corrected chi connectivity index (χ3v) is 4.00. The minimum absolute atomic E-state index is 0.00627. The first kappa shape index (κ1) is 14.2. The largest absolute Gasteiger partial charge is 0.294 e. The van der Waals surface area contributed by atoms with E-state index >= 15 is 0 Å². The van der Waals surface area contributed by atoms with Gasteiger partial charge in [-0.2, -0.15) is 0 Å². The van der Waals surface area contributed by atoms with Crippen molar-refractivity contribution in [2.45, 2.75) is 6.42 Å². The first-order valence-electron chi connectivity index (χ1n) is 6.31. The van der Waals surface area contributed by atoms with Crippen molar-refractivity contribution in [2.75, 3.05) is 0 Å². The Morgan fingerprint density at radius 3 is 2.57 bits per heavy atom. The van der Waals surface area contributed by atoms with Gasteiger partial charge in [0.15, 0.2) is 5.78 Å². The normalized spacial score (nSPS) is 10.8. The lowest BCUT2D eigenvalue weighted by Crippen LogP contribution is -2.04. The van der Waals surface area contributed by atoms with Gasteiger partial charge in [-0.1, -0.05) is 33.6 Å². The summed E-state index contributed by atoms with van der Waals surface area (Å²) in [5.74, 6) is 0.00627. The molecule has 0 saturated carbocycles. The summed E-state index contributed by atoms with van der Waals surface area (Å²) >= 11 is 9.50. The number of hydrogen-bond donors (Lipinski definition) is 0. The summed E-state index contributed by atoms with van der Waals surface area (Å²) in [6.45, 7) is 0. The summed E-state index contributed by atoms with van der Waals surface area (Å²) < 4.78 is 0.893. The highest BCUT2D eigenvalue weighted by atomic mass is 79.9. The van der Waals surface area contributed by atoms with Crippen LogP contribution in [0.25, 0.3) is 11.0 Å². The summed E-state index contributed by atoms with van der Waals surface area (Å²) in [4.78, 5) is 20.8. The van der Waals surface area contributed by atoms with Crippen LogP contribution in [0.1, 0.15) is 15.9 Å². The summed E-state index contributed by atoms with van der Waals surface area (Å²) in [5.41, 5.74) is 2.91. The van der Waals surface area contributed by atoms with Gasteiger partial charge in [0.05, 0.1) is 11.0 Å². The molecule has 21 heavy (non-hydrogen) atoms. The zero-order chi connectivity index (χ0) is 14.8. The van der Waals surface area contributed by atoms with Crippen molar-refractivity contribution in [2.24, 2.45) is 0 Å². The second kappa shape index (κ2) is 5.92. The Morgan fingerprint density at radius 2 is 1.81 bits per heavy atom. The minimum Gasteiger partial charge on any atom is -0.294 e. The van der Waals surface area contributed by atoms with Crippen molar-refractivity contribution < 1.29 is 4.79 Å². The van der Waals surface area contributed by atoms with Crippen LogP contribution in [0.15, 0.2) is 53.3 Å². The molecule has 1 heterocycles. The van der Waals surface area contributed by atoms with Crippen LogP contribution in [0.5, 0.6) is 0 Å². The summed E-state index contributed by atoms with van der Waals surface area (Å²) in [5, 5.41) is 0.582. The van der Waals surface area contributed by atoms with Gasteiger partial charge in [-0.3, -0.25) is 14.8 Å². The summed E-state index contributed by atoms with van der Waals surface area (Å²) in [6.07, 6.45) is 3.51. The number of ketones is 1. The van der Waals surface area contributed by atoms with Crippen molar-refractivity contribution in [3.63, 3.8) is 0 Å². The highest BCUT2D eigenvalue weighted by Crippen LogP contribution is 2.23. The maximum absolute atomic E-state index is 12.4. The number of fused-ring (bicyclic) bond motifs is 1. The van der Waals surface area contributed by atoms with Crippen molar-refractivity contribution in [3.8, 4) is 0 Å². The molecule has 0 spiro atoms. The molecular formula is C16H10BrClN2O. The van der Waals surface area contributed by atoms with Gasteiger partial charge >= 0.3 is 0 Å². The average Bonchev–Trinajstić information content (AvgIpc) is 2.49. The number of hydrogen-bond acceptors (Lipinski definition) is 3. The molecule has 0 N–H and O–H groups in total. The smallest absolute Gasteiger partial charge is 0.167 e. The number of aromatic nitrogens is 2. The first-order valence-corrected chi connectivity index (χ1v) is 7.48. The molecule has 0 radical (unpaired) electrons. The number of nitrogens with zero attached hydrogens (tertiary/aromatic N) is 2. The van der Waals surface area contributed by atoms with Gasteiger partial charge in [-0.15, -0.1) is 0 Å². The molecule has 0 aliphatic rings. The third kappa shape index (κ3) is 3.12. The Balaban J connectivity index is 1.89. The monoisotopic (exact) mass is 360 g/mol. The maximum atomic E-state index is 12.4. The summed E-state index contributed by atoms with van der Waals surface area (Å²) in [6, 6.07) is 10.9. The molecule has 2 aromatic carbocycles. The van der Waals surface area contributed by atoms with E-state index in [0.29, 0.717) is 16.1 Å². The predicted molar refractivity (Wildman–Crippen MR) is 86.7 cm³/mol. The number of benzene rings is 2. The Hall–Kier alpha value is -1.78. The van der Waals surface area contributed by atoms with Gasteiger partial charge < -0.3 is 0 Å². The molecule has 0 bridgehead atoms. The predicted octanol–water partition coefficient (Wildman–Crippen LogP) is 4.47. The lowest BCUT2D eigenvalue weighted by atomic mass is 10.0. The van der Waals surface area contributed by atoms with Gasteiger partial charge in [0.2, 0.25) is 0 Å². The second-order valence-electron chi connectivity index (χ2n) is 4.60. The Kier molecular flexibility index (Phi) is 3.99. The third-order valence-electron chi connectivity index (χ3n) is 3.16. The number of rotatable bonds is 3. The molecule has 104 valence electrons. The van der Waals surface area contributed by atoms with Gasteiger partial charge in [0.25, 0.3) is 0 Å². The van der Waals surface area contributed by atoms with E-state index in [1.807, 2.05) is 12.1 Å². The highest BCUT2D eigenvalue weighted by Gasteiger charge is 2.11. The molecule has 0 atom stereocenters. The lowest BCUT2D eigenvalue weighted by molar-refractivity contribution is 0.0993. The fraction of sp³-hybridized carbons (Fsp3) is 0.0625. The number of carbonyl (C=O) groups is 1. The maximum Gasteiger partial charge on any atom is 0.167 e. The van der Waals surface area contributed by atoms with Gasteiger partial charge in [0.1, 0.15) is 0 Å². The summed E-state index contributed by atoms with van der Waals surface area (Å²) in [7, 11) is 0. The molecule has 0 unspecified atom stereocenters. The molecule has 1 aromatic heterocycles. The highest BCUT2D eigenvalue weighted by molar-refractivity contribution is 9.10. The zero-order valence-corrected chi connectivity index (χ0v) is 13.2. The Bertz CT molecular complexity index is 835. The van der Waals surface area contributed by atoms with E-state index in [1.54, 1.807) is 36.7 Å². The van der Waals surface area contributed by atoms with Crippen LogP contribution in [0.2, 0.25) is 5.02 Å². The first-order chi connectivity index (χ1) is 10.1. The van der Waals surface area contributed by atoms with Crippen molar-refractivity contribution in [1.82, 2.24) is 9.97 Å². The Labute approximate surface area is 135 Å². The molecule has 0 amide bonds. The standard InChI is InChI=1S/C16H10BrClN2O/c17-12-3-1-10(13(18)9-12)8-16(21)11-2-4-14-15(7-11)20-6-5-19-14/h1-7,9H,8H2. The van der Waals surface area contributed by atoms with E-state index in [2.05, 4.69) is 25.9 Å². The second-order valence-corrected chi connectivity index (χ2v) is 5.92. The molecule has 3 rings (SSSR count). The van der Waals surface area contributed by atoms with Crippen LogP contribution in [-0.4, -0.2) is 15.8 Å². The molecule has 3 nitrogen and oxygen atoms in total. The molecular weight excluding hydrogens is 352 g/mol. The van der Waals surface area contributed by atoms with E-state index in [-0.39, 0.29) is 12.2 Å². The minimum atomic E-state index is 0.00627. The van der Waals surface area contributed by atoms with Crippen LogP contribution in [0.4, 0.5) is 0 Å². The quantitative estimate of drug-likeness (QED) is 0.646. The molecule has 0 aliphatic carbocycles. The molecule has 3 aromatic rings. The number of carbonyl (C=O) groups excluding carboxylic acids is 1. The fourth-order valence-corrected chi connectivity index (χ4v) is 2.82. The van der Waals surface area contributed by atoms with Gasteiger partial charge in [0, 0.05) is 33.9 Å². The van der Waals surface area contributed by atoms with Crippen LogP contribution < -0.4 is 0 Å². The molecule has 5 heteroatoms. The van der Waals surface area contributed by atoms with E-state index < -0.39 is 0 Å². The SMILES string of the molecule is O=C(Cc1ccc(Br)cc1Cl)c1ccc2nccnc2c1. The topological polar surface area (TPSA) is 42.9 Å². The van der Waals surface area contributed by atoms with Crippen LogP contribution in [0, 0.1) is 0 Å². The van der Waals surface area contributed by atoms with Crippen LogP contribution >= 0.6 is 27.5 Å². The molecule has 0 saturated heterocycles. The van der Waals surface area contributed by atoms with Gasteiger partial charge in [-0.25, -0.2) is 0 Å². The number of halogens is 2. The van der Waals surface area contributed by atoms with Gasteiger partial charge in [-0.05, 0) is 35.9 Å². The van der Waals surface area contributed by atoms with E-state index in [4.69, 9.17) is 11.6 Å². The molecule has 0 fully saturated rings. The van der Waals surface area contributed by atoms with E-state index in [0.717, 1.165) is 15.6 Å². The van der Waals surface area contributed by atoms with Crippen LogP contribution in [0.3, 0.4) is 0 Å². The Morgan fingerprint density at radius 1 is 1.05 bits per heavy atom. The number of Topliss-reactive ketones (excluding diaryl/α,β-unsaturated/α-hetero) is 1. The van der Waals surface area contributed by atoms with E-state index in [1.165, 1.54) is 0 Å².